The Hall–Kier alpha value is -2.14. The molecule has 1 saturated heterocycles. The summed E-state index contributed by atoms with van der Waals surface area (Å²) >= 11 is 12.7. The number of fused-ring (bicyclic) bond motifs is 1. The van der Waals surface area contributed by atoms with Gasteiger partial charge in [0.2, 0.25) is 0 Å². The van der Waals surface area contributed by atoms with Crippen LogP contribution < -0.4 is 0 Å². The van der Waals surface area contributed by atoms with Crippen molar-refractivity contribution in [2.24, 2.45) is 0 Å². The first-order chi connectivity index (χ1) is 13.1. The number of aromatic nitrogens is 1. The Morgan fingerprint density at radius 2 is 1.96 bits per heavy atom. The molecule has 6 heteroatoms. The molecular weight excluding hydrogens is 383 g/mol. The number of rotatable bonds is 4. The van der Waals surface area contributed by atoms with Gasteiger partial charge in [0.25, 0.3) is 0 Å². The normalized spacial score (nSPS) is 18.7. The molecular formula is C21H18Cl2N2O2. The van der Waals surface area contributed by atoms with E-state index in [1.54, 1.807) is 18.3 Å². The van der Waals surface area contributed by atoms with Gasteiger partial charge in [-0.2, -0.15) is 0 Å². The van der Waals surface area contributed by atoms with Crippen molar-refractivity contribution in [2.75, 3.05) is 6.54 Å². The van der Waals surface area contributed by atoms with Crippen LogP contribution in [0.5, 0.6) is 0 Å². The van der Waals surface area contributed by atoms with Crippen molar-refractivity contribution in [1.82, 2.24) is 9.88 Å². The van der Waals surface area contributed by atoms with Crippen LogP contribution in [0.4, 0.5) is 0 Å². The Morgan fingerprint density at radius 3 is 2.74 bits per heavy atom. The number of likely N-dealkylation sites (tertiary alicyclic amines) is 1. The van der Waals surface area contributed by atoms with Gasteiger partial charge in [0, 0.05) is 28.2 Å². The predicted octanol–water partition coefficient (Wildman–Crippen LogP) is 5.18. The van der Waals surface area contributed by atoms with E-state index in [0.717, 1.165) is 28.5 Å². The van der Waals surface area contributed by atoms with Crippen molar-refractivity contribution in [1.29, 1.82) is 0 Å². The average molecular weight is 401 g/mol. The van der Waals surface area contributed by atoms with Gasteiger partial charge in [0.1, 0.15) is 6.04 Å². The topological polar surface area (TPSA) is 53.4 Å². The second-order valence-electron chi connectivity index (χ2n) is 6.72. The van der Waals surface area contributed by atoms with Crippen molar-refractivity contribution in [2.45, 2.75) is 24.9 Å². The lowest BCUT2D eigenvalue weighted by Gasteiger charge is -2.33. The number of benzene rings is 2. The monoisotopic (exact) mass is 400 g/mol. The molecule has 0 saturated carbocycles. The third-order valence-electron chi connectivity index (χ3n) is 5.15. The van der Waals surface area contributed by atoms with Crippen LogP contribution in [-0.2, 0) is 4.79 Å². The van der Waals surface area contributed by atoms with Gasteiger partial charge < -0.3 is 5.11 Å². The minimum Gasteiger partial charge on any atom is -0.480 e. The number of carboxylic acid groups (broad SMARTS) is 1. The second-order valence-corrected chi connectivity index (χ2v) is 7.56. The molecule has 1 aromatic heterocycles. The van der Waals surface area contributed by atoms with E-state index in [0.29, 0.717) is 23.0 Å². The van der Waals surface area contributed by atoms with Crippen LogP contribution in [0.15, 0.2) is 54.7 Å². The molecule has 27 heavy (non-hydrogen) atoms. The van der Waals surface area contributed by atoms with Gasteiger partial charge in [-0.1, -0.05) is 47.5 Å². The van der Waals surface area contributed by atoms with Crippen molar-refractivity contribution in [3.8, 4) is 0 Å². The van der Waals surface area contributed by atoms with E-state index in [2.05, 4.69) is 4.98 Å². The molecule has 0 spiro atoms. The number of hydrogen-bond acceptors (Lipinski definition) is 3. The summed E-state index contributed by atoms with van der Waals surface area (Å²) in [5.41, 5.74) is 2.72. The summed E-state index contributed by atoms with van der Waals surface area (Å²) in [5.74, 6) is -0.805. The third kappa shape index (κ3) is 3.41. The highest BCUT2D eigenvalue weighted by atomic mass is 35.5. The maximum atomic E-state index is 11.9. The predicted molar refractivity (Wildman–Crippen MR) is 107 cm³/mol. The van der Waals surface area contributed by atoms with Crippen molar-refractivity contribution >= 4 is 40.1 Å². The van der Waals surface area contributed by atoms with Crippen LogP contribution in [0.3, 0.4) is 0 Å². The lowest BCUT2D eigenvalue weighted by Crippen LogP contribution is -2.39. The molecule has 2 heterocycles. The first-order valence-electron chi connectivity index (χ1n) is 8.83. The Morgan fingerprint density at radius 1 is 1.15 bits per heavy atom. The molecule has 2 aromatic carbocycles. The minimum absolute atomic E-state index is 0.286. The molecule has 3 aromatic rings. The highest BCUT2D eigenvalue weighted by Gasteiger charge is 2.38. The smallest absolute Gasteiger partial charge is 0.320 e. The molecule has 138 valence electrons. The highest BCUT2D eigenvalue weighted by Crippen LogP contribution is 2.40. The molecule has 0 bridgehead atoms. The van der Waals surface area contributed by atoms with Crippen molar-refractivity contribution in [3.63, 3.8) is 0 Å². The molecule has 1 aliphatic heterocycles. The van der Waals surface area contributed by atoms with E-state index in [4.69, 9.17) is 23.2 Å². The van der Waals surface area contributed by atoms with E-state index < -0.39 is 12.0 Å². The fraction of sp³-hybridized carbons (Fsp3) is 0.238. The Labute approximate surface area is 167 Å². The number of halogens is 2. The van der Waals surface area contributed by atoms with E-state index >= 15 is 0 Å². The van der Waals surface area contributed by atoms with Crippen LogP contribution in [0.1, 0.15) is 30.0 Å². The van der Waals surface area contributed by atoms with Crippen molar-refractivity contribution < 1.29 is 9.90 Å². The molecule has 1 aliphatic rings. The van der Waals surface area contributed by atoms with Gasteiger partial charge in [0.15, 0.2) is 0 Å². The van der Waals surface area contributed by atoms with Crippen LogP contribution >= 0.6 is 23.2 Å². The lowest BCUT2D eigenvalue weighted by atomic mass is 9.93. The Kier molecular flexibility index (Phi) is 5.04. The highest BCUT2D eigenvalue weighted by molar-refractivity contribution is 6.35. The van der Waals surface area contributed by atoms with Crippen LogP contribution in [-0.4, -0.2) is 33.5 Å². The lowest BCUT2D eigenvalue weighted by molar-refractivity contribution is -0.142. The summed E-state index contributed by atoms with van der Waals surface area (Å²) in [6, 6.07) is 14.4. The summed E-state index contributed by atoms with van der Waals surface area (Å²) in [7, 11) is 0. The number of aliphatic carboxylic acids is 1. The molecule has 2 unspecified atom stereocenters. The summed E-state index contributed by atoms with van der Waals surface area (Å²) in [6.45, 7) is 0.692. The Balaban J connectivity index is 1.94. The summed E-state index contributed by atoms with van der Waals surface area (Å²) in [6.07, 6.45) is 3.22. The molecule has 0 radical (unpaired) electrons. The molecule has 4 rings (SSSR count). The minimum atomic E-state index is -0.805. The maximum Gasteiger partial charge on any atom is 0.320 e. The number of nitrogens with zero attached hydrogens (tertiary/aromatic N) is 2. The van der Waals surface area contributed by atoms with Crippen LogP contribution in [0.2, 0.25) is 10.0 Å². The van der Waals surface area contributed by atoms with E-state index in [-0.39, 0.29) is 6.04 Å². The summed E-state index contributed by atoms with van der Waals surface area (Å²) in [5, 5.41) is 11.8. The van der Waals surface area contributed by atoms with Gasteiger partial charge in [-0.05, 0) is 48.2 Å². The average Bonchev–Trinajstić information content (AvgIpc) is 3.13. The largest absolute Gasteiger partial charge is 0.480 e. The summed E-state index contributed by atoms with van der Waals surface area (Å²) < 4.78 is 0. The maximum absolute atomic E-state index is 11.9. The fourth-order valence-corrected chi connectivity index (χ4v) is 4.48. The SMILES string of the molecule is O=C(O)C1CCCN1C(c1ccc(Cl)cc1Cl)c1ccnc2ccccc12. The van der Waals surface area contributed by atoms with Gasteiger partial charge in [-0.3, -0.25) is 14.7 Å². The number of carbonyl (C=O) groups is 1. The quantitative estimate of drug-likeness (QED) is 0.655. The van der Waals surface area contributed by atoms with Gasteiger partial charge in [-0.25, -0.2) is 0 Å². The van der Waals surface area contributed by atoms with Gasteiger partial charge in [0.05, 0.1) is 11.6 Å². The van der Waals surface area contributed by atoms with E-state index in [1.807, 2.05) is 41.3 Å². The third-order valence-corrected chi connectivity index (χ3v) is 5.71. The van der Waals surface area contributed by atoms with E-state index in [9.17, 15) is 9.90 Å². The molecule has 0 aliphatic carbocycles. The first-order valence-corrected chi connectivity index (χ1v) is 9.59. The van der Waals surface area contributed by atoms with Crippen LogP contribution in [0.25, 0.3) is 10.9 Å². The zero-order valence-corrected chi connectivity index (χ0v) is 16.0. The number of hydrogen-bond donors (Lipinski definition) is 1. The zero-order chi connectivity index (χ0) is 19.0. The van der Waals surface area contributed by atoms with Gasteiger partial charge >= 0.3 is 5.97 Å². The second kappa shape index (κ2) is 7.47. The number of para-hydroxylation sites is 1. The molecule has 4 nitrogen and oxygen atoms in total. The fourth-order valence-electron chi connectivity index (χ4n) is 3.97. The molecule has 1 N–H and O–H groups in total. The first kappa shape index (κ1) is 18.2. The summed E-state index contributed by atoms with van der Waals surface area (Å²) in [4.78, 5) is 18.3. The standard InChI is InChI=1S/C21H18Cl2N2O2/c22-13-7-8-16(17(23)12-13)20(25-11-3-6-19(25)21(26)27)15-9-10-24-18-5-2-1-4-14(15)18/h1-2,4-5,7-10,12,19-20H,3,6,11H2,(H,26,27). The molecule has 1 fully saturated rings. The van der Waals surface area contributed by atoms with Crippen molar-refractivity contribution in [3.05, 3.63) is 75.9 Å². The number of carboxylic acids is 1. The molecule has 2 atom stereocenters. The zero-order valence-electron chi connectivity index (χ0n) is 14.5. The molecule has 0 amide bonds. The number of pyridine rings is 1. The van der Waals surface area contributed by atoms with Crippen LogP contribution in [0, 0.1) is 0 Å². The Bertz CT molecular complexity index is 1000. The van der Waals surface area contributed by atoms with Gasteiger partial charge in [-0.15, -0.1) is 0 Å². The van der Waals surface area contributed by atoms with E-state index in [1.165, 1.54) is 0 Å².